The summed E-state index contributed by atoms with van der Waals surface area (Å²) in [6.45, 7) is 8.42. The van der Waals surface area contributed by atoms with Gasteiger partial charge in [0.15, 0.2) is 0 Å². The second-order valence-corrected chi connectivity index (χ2v) is 9.16. The summed E-state index contributed by atoms with van der Waals surface area (Å²) in [5.41, 5.74) is 3.54. The minimum atomic E-state index is 0.145. The fourth-order valence-electron chi connectivity index (χ4n) is 3.66. The molecule has 0 N–H and O–H groups in total. The van der Waals surface area contributed by atoms with Crippen LogP contribution in [0, 0.1) is 13.8 Å². The van der Waals surface area contributed by atoms with E-state index in [9.17, 15) is 4.79 Å². The van der Waals surface area contributed by atoms with Gasteiger partial charge in [0.25, 0.3) is 0 Å². The van der Waals surface area contributed by atoms with Gasteiger partial charge in [-0.3, -0.25) is 4.79 Å². The highest BCUT2D eigenvalue weighted by Gasteiger charge is 2.30. The van der Waals surface area contributed by atoms with Crippen LogP contribution in [0.25, 0.3) is 10.2 Å². The molecular formula is C21H23N3OS2. The molecule has 1 aromatic carbocycles. The molecule has 0 radical (unpaired) electrons. The van der Waals surface area contributed by atoms with Gasteiger partial charge < -0.3 is 4.90 Å². The first-order valence-corrected chi connectivity index (χ1v) is 11.1. The number of carbonyl (C=O) groups is 1. The summed E-state index contributed by atoms with van der Waals surface area (Å²) in [5.74, 6) is 1.38. The Morgan fingerprint density at radius 1 is 1.30 bits per heavy atom. The topological polar surface area (TPSA) is 46.1 Å². The smallest absolute Gasteiger partial charge is 0.237 e. The number of nitrogens with zero attached hydrogens (tertiary/aromatic N) is 3. The van der Waals surface area contributed by atoms with Gasteiger partial charge in [0.1, 0.15) is 15.7 Å². The van der Waals surface area contributed by atoms with Gasteiger partial charge in [0, 0.05) is 28.4 Å². The number of thiophene rings is 1. The van der Waals surface area contributed by atoms with E-state index in [0.717, 1.165) is 39.6 Å². The van der Waals surface area contributed by atoms with Crippen molar-refractivity contribution in [3.8, 4) is 0 Å². The molecule has 0 spiro atoms. The lowest BCUT2D eigenvalue weighted by atomic mass is 10.1. The van der Waals surface area contributed by atoms with Crippen LogP contribution < -0.4 is 4.90 Å². The van der Waals surface area contributed by atoms with Crippen molar-refractivity contribution in [2.45, 2.75) is 51.6 Å². The maximum Gasteiger partial charge on any atom is 0.237 e. The number of benzene rings is 1. The van der Waals surface area contributed by atoms with E-state index < -0.39 is 0 Å². The molecule has 0 saturated carbocycles. The lowest BCUT2D eigenvalue weighted by Crippen LogP contribution is -2.37. The van der Waals surface area contributed by atoms with Gasteiger partial charge in [-0.25, -0.2) is 9.97 Å². The first-order chi connectivity index (χ1) is 13.0. The van der Waals surface area contributed by atoms with E-state index >= 15 is 0 Å². The van der Waals surface area contributed by atoms with E-state index in [2.05, 4.69) is 38.7 Å². The van der Waals surface area contributed by atoms with Crippen LogP contribution in [0.1, 0.15) is 35.7 Å². The zero-order valence-corrected chi connectivity index (χ0v) is 17.7. The van der Waals surface area contributed by atoms with Gasteiger partial charge in [0.05, 0.1) is 5.75 Å². The quantitative estimate of drug-likeness (QED) is 0.462. The Balaban J connectivity index is 1.61. The first kappa shape index (κ1) is 18.4. The average Bonchev–Trinajstić information content (AvgIpc) is 3.15. The maximum atomic E-state index is 13.0. The van der Waals surface area contributed by atoms with Crippen LogP contribution in [0.2, 0.25) is 0 Å². The van der Waals surface area contributed by atoms with Gasteiger partial charge in [-0.1, -0.05) is 36.9 Å². The predicted molar refractivity (Wildman–Crippen MR) is 114 cm³/mol. The molecule has 0 aliphatic carbocycles. The molecule has 1 aliphatic rings. The number of carbonyl (C=O) groups excluding carboxylic acids is 1. The van der Waals surface area contributed by atoms with Crippen molar-refractivity contribution in [1.82, 2.24) is 9.97 Å². The van der Waals surface area contributed by atoms with E-state index in [-0.39, 0.29) is 11.9 Å². The number of rotatable bonds is 4. The number of thioether (sulfide) groups is 1. The van der Waals surface area contributed by atoms with Crippen LogP contribution in [0.5, 0.6) is 0 Å². The molecule has 27 heavy (non-hydrogen) atoms. The zero-order valence-electron chi connectivity index (χ0n) is 16.1. The number of fused-ring (bicyclic) bond motifs is 2. The standard InChI is InChI=1S/C21H23N3OS2/c1-5-17-22-20(19-13(3)14(4)27-21(19)23-17)26-11-18(25)24-12(2)10-15-8-6-7-9-16(15)24/h6-9,12H,5,10-11H2,1-4H3/t12-/m1/s1. The molecule has 1 aliphatic heterocycles. The average molecular weight is 398 g/mol. The molecule has 4 nitrogen and oxygen atoms in total. The Morgan fingerprint density at radius 3 is 2.85 bits per heavy atom. The van der Waals surface area contributed by atoms with Crippen LogP contribution in [-0.2, 0) is 17.6 Å². The van der Waals surface area contributed by atoms with Crippen molar-refractivity contribution in [2.24, 2.45) is 0 Å². The summed E-state index contributed by atoms with van der Waals surface area (Å²) in [6, 6.07) is 8.41. The minimum Gasteiger partial charge on any atom is -0.308 e. The second kappa shape index (κ2) is 7.24. The van der Waals surface area contributed by atoms with E-state index in [1.807, 2.05) is 23.1 Å². The summed E-state index contributed by atoms with van der Waals surface area (Å²) < 4.78 is 0. The summed E-state index contributed by atoms with van der Waals surface area (Å²) in [4.78, 5) is 26.7. The lowest BCUT2D eigenvalue weighted by molar-refractivity contribution is -0.116. The Bertz CT molecular complexity index is 1030. The normalized spacial score (nSPS) is 16.1. The van der Waals surface area contributed by atoms with E-state index in [0.29, 0.717) is 5.75 Å². The first-order valence-electron chi connectivity index (χ1n) is 9.29. The molecule has 2 aromatic heterocycles. The highest BCUT2D eigenvalue weighted by molar-refractivity contribution is 8.00. The fraction of sp³-hybridized carbons (Fsp3) is 0.381. The van der Waals surface area contributed by atoms with E-state index in [4.69, 9.17) is 4.98 Å². The summed E-state index contributed by atoms with van der Waals surface area (Å²) in [7, 11) is 0. The third-order valence-corrected chi connectivity index (χ3v) is 7.23. The molecule has 140 valence electrons. The molecule has 0 bridgehead atoms. The Morgan fingerprint density at radius 2 is 2.07 bits per heavy atom. The highest BCUT2D eigenvalue weighted by Crippen LogP contribution is 2.36. The lowest BCUT2D eigenvalue weighted by Gasteiger charge is -2.22. The largest absolute Gasteiger partial charge is 0.308 e. The van der Waals surface area contributed by atoms with Crippen molar-refractivity contribution in [2.75, 3.05) is 10.7 Å². The number of hydrogen-bond donors (Lipinski definition) is 0. The summed E-state index contributed by atoms with van der Waals surface area (Å²) >= 11 is 3.26. The fourth-order valence-corrected chi connectivity index (χ4v) is 5.74. The Hall–Kier alpha value is -1.92. The van der Waals surface area contributed by atoms with Gasteiger partial charge in [-0.15, -0.1) is 11.3 Å². The third-order valence-electron chi connectivity index (χ3n) is 5.17. The van der Waals surface area contributed by atoms with Gasteiger partial charge in [0.2, 0.25) is 5.91 Å². The molecule has 0 saturated heterocycles. The molecule has 4 rings (SSSR count). The van der Waals surface area contributed by atoms with Crippen LogP contribution in [0.3, 0.4) is 0 Å². The molecule has 3 heterocycles. The van der Waals surface area contributed by atoms with E-state index in [1.165, 1.54) is 16.0 Å². The molecule has 1 atom stereocenters. The third kappa shape index (κ3) is 3.25. The van der Waals surface area contributed by atoms with Gasteiger partial charge in [-0.05, 0) is 44.4 Å². The number of hydrogen-bond acceptors (Lipinski definition) is 5. The predicted octanol–water partition coefficient (Wildman–Crippen LogP) is 4.94. The van der Waals surface area contributed by atoms with Crippen LogP contribution in [0.4, 0.5) is 5.69 Å². The molecule has 0 fully saturated rings. The number of para-hydroxylation sites is 1. The number of amides is 1. The SMILES string of the molecule is CCc1nc(SCC(=O)N2c3ccccc3C[C@H]2C)c2c(C)c(C)sc2n1. The maximum absolute atomic E-state index is 13.0. The van der Waals surface area contributed by atoms with Crippen LogP contribution >= 0.6 is 23.1 Å². The second-order valence-electron chi connectivity index (χ2n) is 7.00. The van der Waals surface area contributed by atoms with E-state index in [1.54, 1.807) is 23.1 Å². The van der Waals surface area contributed by atoms with Crippen LogP contribution in [0.15, 0.2) is 29.3 Å². The molecule has 1 amide bonds. The highest BCUT2D eigenvalue weighted by atomic mass is 32.2. The number of aromatic nitrogens is 2. The van der Waals surface area contributed by atoms with Gasteiger partial charge in [-0.2, -0.15) is 0 Å². The van der Waals surface area contributed by atoms with Crippen molar-refractivity contribution < 1.29 is 4.79 Å². The van der Waals surface area contributed by atoms with Crippen LogP contribution in [-0.4, -0.2) is 27.7 Å². The van der Waals surface area contributed by atoms with Gasteiger partial charge >= 0.3 is 0 Å². The Kier molecular flexibility index (Phi) is 4.95. The van der Waals surface area contributed by atoms with Crippen molar-refractivity contribution in [3.05, 3.63) is 46.1 Å². The summed E-state index contributed by atoms with van der Waals surface area (Å²) in [6.07, 6.45) is 1.72. The molecule has 6 heteroatoms. The number of anilines is 1. The zero-order chi connectivity index (χ0) is 19.1. The van der Waals surface area contributed by atoms with Crippen molar-refractivity contribution in [3.63, 3.8) is 0 Å². The number of aryl methyl sites for hydroxylation is 3. The molecular weight excluding hydrogens is 374 g/mol. The minimum absolute atomic E-state index is 0.145. The van der Waals surface area contributed by atoms with Crippen molar-refractivity contribution in [1.29, 1.82) is 0 Å². The summed E-state index contributed by atoms with van der Waals surface area (Å²) in [5, 5.41) is 2.05. The molecule has 3 aromatic rings. The Labute approximate surface area is 168 Å². The molecule has 0 unspecified atom stereocenters. The van der Waals surface area contributed by atoms with Crippen molar-refractivity contribution >= 4 is 44.9 Å². The monoisotopic (exact) mass is 397 g/mol.